The lowest BCUT2D eigenvalue weighted by Crippen LogP contribution is -2.24. The van der Waals surface area contributed by atoms with Gasteiger partial charge in [-0.3, -0.25) is 19.7 Å². The zero-order valence-electron chi connectivity index (χ0n) is 14.2. The third kappa shape index (κ3) is 2.46. The number of sulfone groups is 1. The number of nitrogens with zero attached hydrogens (tertiary/aromatic N) is 1. The highest BCUT2D eigenvalue weighted by Gasteiger charge is 2.39. The molecule has 138 valence electrons. The number of hydrogen-bond donors (Lipinski definition) is 0. The van der Waals surface area contributed by atoms with Crippen molar-refractivity contribution in [2.75, 3.05) is 0 Å². The predicted molar refractivity (Wildman–Crippen MR) is 98.3 cm³/mol. The Morgan fingerprint density at radius 1 is 0.714 bits per heavy atom. The number of fused-ring (bicyclic) bond motifs is 2. The molecule has 0 heterocycles. The normalized spacial score (nSPS) is 13.0. The molecule has 7 nitrogen and oxygen atoms in total. The molecule has 0 spiro atoms. The van der Waals surface area contributed by atoms with Gasteiger partial charge in [0, 0.05) is 17.2 Å². The van der Waals surface area contributed by atoms with E-state index >= 15 is 0 Å². The quantitative estimate of drug-likeness (QED) is 0.390. The number of hydrogen-bond acceptors (Lipinski definition) is 6. The molecule has 0 bridgehead atoms. The summed E-state index contributed by atoms with van der Waals surface area (Å²) in [5, 5.41) is 11.3. The second kappa shape index (κ2) is 6.21. The van der Waals surface area contributed by atoms with Crippen LogP contribution in [0.3, 0.4) is 0 Å². The number of carbonyl (C=O) groups excluding carboxylic acids is 2. The van der Waals surface area contributed by atoms with Crippen LogP contribution in [0.2, 0.25) is 0 Å². The van der Waals surface area contributed by atoms with E-state index in [1.165, 1.54) is 42.5 Å². The van der Waals surface area contributed by atoms with Gasteiger partial charge < -0.3 is 0 Å². The van der Waals surface area contributed by atoms with E-state index in [1.807, 2.05) is 0 Å². The number of nitro benzene ring substituents is 1. The minimum Gasteiger partial charge on any atom is -0.289 e. The zero-order valence-corrected chi connectivity index (χ0v) is 15.0. The number of nitro groups is 1. The Labute approximate surface area is 159 Å². The molecule has 0 unspecified atom stereocenters. The van der Waals surface area contributed by atoms with Crippen molar-refractivity contribution in [2.24, 2.45) is 0 Å². The van der Waals surface area contributed by atoms with Crippen molar-refractivity contribution >= 4 is 27.1 Å². The van der Waals surface area contributed by atoms with Gasteiger partial charge >= 0.3 is 0 Å². The van der Waals surface area contributed by atoms with Crippen LogP contribution in [0.25, 0.3) is 0 Å². The molecule has 0 N–H and O–H groups in total. The van der Waals surface area contributed by atoms with Gasteiger partial charge in [0.15, 0.2) is 5.78 Å². The molecule has 0 aliphatic heterocycles. The minimum atomic E-state index is -4.07. The molecule has 4 rings (SSSR count). The van der Waals surface area contributed by atoms with Crippen molar-refractivity contribution in [3.63, 3.8) is 0 Å². The van der Waals surface area contributed by atoms with Gasteiger partial charge in [-0.05, 0) is 24.3 Å². The molecule has 0 aromatic heterocycles. The molecule has 0 radical (unpaired) electrons. The topological polar surface area (TPSA) is 111 Å². The number of rotatable bonds is 3. The van der Waals surface area contributed by atoms with Crippen LogP contribution in [0, 0.1) is 10.1 Å². The summed E-state index contributed by atoms with van der Waals surface area (Å²) in [4.78, 5) is 36.3. The third-order valence-corrected chi connectivity index (χ3v) is 6.36. The van der Waals surface area contributed by atoms with E-state index in [-0.39, 0.29) is 32.0 Å². The maximum absolute atomic E-state index is 13.1. The Hall–Kier alpha value is -3.65. The maximum atomic E-state index is 13.1. The number of ketones is 2. The standard InChI is InChI=1S/C20H11NO6S/c22-19-14-9-5-11-16(28(26,27)12-6-2-1-3-7-12)18(14)20(23)13-8-4-10-15(17(13)19)21(24)25/h1-11H. The molecular formula is C20H11NO6S. The molecule has 0 fully saturated rings. The van der Waals surface area contributed by atoms with Crippen molar-refractivity contribution in [3.8, 4) is 0 Å². The van der Waals surface area contributed by atoms with Crippen LogP contribution in [0.5, 0.6) is 0 Å². The third-order valence-electron chi connectivity index (χ3n) is 4.55. The summed E-state index contributed by atoms with van der Waals surface area (Å²) in [5.41, 5.74) is -1.41. The summed E-state index contributed by atoms with van der Waals surface area (Å²) in [6.45, 7) is 0. The monoisotopic (exact) mass is 393 g/mol. The van der Waals surface area contributed by atoms with E-state index in [1.54, 1.807) is 18.2 Å². The summed E-state index contributed by atoms with van der Waals surface area (Å²) in [6.07, 6.45) is 0. The molecule has 0 saturated carbocycles. The first-order valence-corrected chi connectivity index (χ1v) is 9.62. The first-order chi connectivity index (χ1) is 13.3. The van der Waals surface area contributed by atoms with Crippen molar-refractivity contribution in [1.29, 1.82) is 0 Å². The van der Waals surface area contributed by atoms with Gasteiger partial charge in [-0.1, -0.05) is 36.4 Å². The molecule has 0 atom stereocenters. The molecule has 28 heavy (non-hydrogen) atoms. The molecule has 0 saturated heterocycles. The average Bonchev–Trinajstić information content (AvgIpc) is 2.71. The van der Waals surface area contributed by atoms with E-state index < -0.39 is 32.0 Å². The smallest absolute Gasteiger partial charge is 0.281 e. The van der Waals surface area contributed by atoms with Gasteiger partial charge in [-0.15, -0.1) is 0 Å². The number of carbonyl (C=O) groups is 2. The van der Waals surface area contributed by atoms with Gasteiger partial charge in [0.2, 0.25) is 15.6 Å². The van der Waals surface area contributed by atoms with Gasteiger partial charge in [0.05, 0.1) is 20.3 Å². The van der Waals surface area contributed by atoms with Crippen LogP contribution in [-0.2, 0) is 9.84 Å². The summed E-state index contributed by atoms with van der Waals surface area (Å²) >= 11 is 0. The van der Waals surface area contributed by atoms with Crippen molar-refractivity contribution in [2.45, 2.75) is 9.79 Å². The molecule has 3 aromatic rings. The Balaban J connectivity index is 2.01. The van der Waals surface area contributed by atoms with E-state index in [0.717, 1.165) is 6.07 Å². The van der Waals surface area contributed by atoms with E-state index in [4.69, 9.17) is 0 Å². The van der Waals surface area contributed by atoms with Crippen molar-refractivity contribution < 1.29 is 22.9 Å². The zero-order chi connectivity index (χ0) is 20.1. The van der Waals surface area contributed by atoms with Crippen molar-refractivity contribution in [1.82, 2.24) is 0 Å². The molecule has 1 aliphatic carbocycles. The molecular weight excluding hydrogens is 382 g/mol. The summed E-state index contributed by atoms with van der Waals surface area (Å²) in [6, 6.07) is 15.2. The molecule has 1 aliphatic rings. The Morgan fingerprint density at radius 3 is 1.93 bits per heavy atom. The molecule has 0 amide bonds. The summed E-state index contributed by atoms with van der Waals surface area (Å²) in [7, 11) is -4.07. The lowest BCUT2D eigenvalue weighted by molar-refractivity contribution is -0.385. The Bertz CT molecular complexity index is 1280. The van der Waals surface area contributed by atoms with Crippen LogP contribution in [0.1, 0.15) is 31.8 Å². The van der Waals surface area contributed by atoms with E-state index in [2.05, 4.69) is 0 Å². The second-order valence-electron chi connectivity index (χ2n) is 6.11. The molecule has 8 heteroatoms. The SMILES string of the molecule is O=C1c2cccc(S(=O)(=O)c3ccccc3)c2C(=O)c2cccc([N+](=O)[O-])c21. The first kappa shape index (κ1) is 17.7. The van der Waals surface area contributed by atoms with Crippen LogP contribution in [0.4, 0.5) is 5.69 Å². The predicted octanol–water partition coefficient (Wildman–Crippen LogP) is 3.20. The highest BCUT2D eigenvalue weighted by Crippen LogP contribution is 2.37. The lowest BCUT2D eigenvalue weighted by Gasteiger charge is -2.20. The lowest BCUT2D eigenvalue weighted by atomic mass is 9.83. The van der Waals surface area contributed by atoms with E-state index in [0.29, 0.717) is 0 Å². The van der Waals surface area contributed by atoms with Gasteiger partial charge in [0.25, 0.3) is 5.69 Å². The summed E-state index contributed by atoms with van der Waals surface area (Å²) in [5.74, 6) is -1.48. The van der Waals surface area contributed by atoms with Gasteiger partial charge in [0.1, 0.15) is 5.56 Å². The van der Waals surface area contributed by atoms with E-state index in [9.17, 15) is 28.1 Å². The second-order valence-corrected chi connectivity index (χ2v) is 8.03. The minimum absolute atomic E-state index is 0.0199. The Kier molecular flexibility index (Phi) is 3.93. The fourth-order valence-corrected chi connectivity index (χ4v) is 4.79. The first-order valence-electron chi connectivity index (χ1n) is 8.14. The maximum Gasteiger partial charge on any atom is 0.281 e. The van der Waals surface area contributed by atoms with Crippen LogP contribution in [0.15, 0.2) is 76.5 Å². The highest BCUT2D eigenvalue weighted by molar-refractivity contribution is 7.91. The highest BCUT2D eigenvalue weighted by atomic mass is 32.2. The average molecular weight is 393 g/mol. The van der Waals surface area contributed by atoms with Gasteiger partial charge in [-0.25, -0.2) is 8.42 Å². The van der Waals surface area contributed by atoms with Crippen LogP contribution in [-0.4, -0.2) is 24.9 Å². The number of benzene rings is 3. The van der Waals surface area contributed by atoms with Gasteiger partial charge in [-0.2, -0.15) is 0 Å². The Morgan fingerprint density at radius 2 is 1.29 bits per heavy atom. The molecule has 3 aromatic carbocycles. The fourth-order valence-electron chi connectivity index (χ4n) is 3.29. The van der Waals surface area contributed by atoms with Crippen LogP contribution < -0.4 is 0 Å². The fraction of sp³-hybridized carbons (Fsp3) is 0. The van der Waals surface area contributed by atoms with Crippen LogP contribution >= 0.6 is 0 Å². The van der Waals surface area contributed by atoms with Crippen molar-refractivity contribution in [3.05, 3.63) is 99.1 Å². The summed E-state index contributed by atoms with van der Waals surface area (Å²) < 4.78 is 26.1. The largest absolute Gasteiger partial charge is 0.289 e.